The molecular weight excluding hydrogens is 272 g/mol. The molecule has 4 heteroatoms. The molecule has 1 fully saturated rings. The van der Waals surface area contributed by atoms with Crippen molar-refractivity contribution in [2.24, 2.45) is 0 Å². The molecule has 1 aliphatic rings. The zero-order valence-corrected chi connectivity index (χ0v) is 10.9. The van der Waals surface area contributed by atoms with E-state index in [1.807, 2.05) is 23.9 Å². The fourth-order valence-corrected chi connectivity index (χ4v) is 3.17. The minimum Gasteiger partial charge on any atom is -0.398 e. The van der Waals surface area contributed by atoms with E-state index in [0.29, 0.717) is 6.04 Å². The Bertz CT molecular complexity index is 337. The Labute approximate surface area is 103 Å². The lowest BCUT2D eigenvalue weighted by atomic mass is 10.3. The first-order valence-electron chi connectivity index (χ1n) is 5.17. The van der Waals surface area contributed by atoms with Crippen LogP contribution in [0.25, 0.3) is 0 Å². The Morgan fingerprint density at radius 3 is 3.07 bits per heavy atom. The van der Waals surface area contributed by atoms with Gasteiger partial charge in [-0.2, -0.15) is 0 Å². The van der Waals surface area contributed by atoms with E-state index < -0.39 is 0 Å². The lowest BCUT2D eigenvalue weighted by molar-refractivity contribution is 0.674. The number of nitrogens with one attached hydrogen (secondary N) is 1. The van der Waals surface area contributed by atoms with Gasteiger partial charge >= 0.3 is 0 Å². The molecule has 1 aliphatic heterocycles. The number of hydrogen-bond donors (Lipinski definition) is 2. The van der Waals surface area contributed by atoms with Gasteiger partial charge in [0.1, 0.15) is 0 Å². The molecule has 0 aromatic heterocycles. The van der Waals surface area contributed by atoms with E-state index in [1.54, 1.807) is 0 Å². The summed E-state index contributed by atoms with van der Waals surface area (Å²) in [5.41, 5.74) is 6.80. The monoisotopic (exact) mass is 286 g/mol. The summed E-state index contributed by atoms with van der Waals surface area (Å²) >= 11 is 5.26. The molecule has 0 saturated carbocycles. The first-order valence-corrected chi connectivity index (χ1v) is 6.95. The summed E-state index contributed by atoms with van der Waals surface area (Å²) in [5, 5.41) is 3.49. The van der Waals surface area contributed by atoms with Gasteiger partial charge < -0.3 is 11.1 Å². The first-order chi connectivity index (χ1) is 7.25. The maximum Gasteiger partial charge on any atom is 0.0463 e. The van der Waals surface area contributed by atoms with Crippen LogP contribution in [0.5, 0.6) is 0 Å². The van der Waals surface area contributed by atoms with Crippen molar-refractivity contribution in [3.63, 3.8) is 0 Å². The maximum atomic E-state index is 5.93. The van der Waals surface area contributed by atoms with E-state index >= 15 is 0 Å². The molecule has 15 heavy (non-hydrogen) atoms. The van der Waals surface area contributed by atoms with Crippen molar-refractivity contribution in [1.82, 2.24) is 5.32 Å². The lowest BCUT2D eigenvalue weighted by Gasteiger charge is -2.10. The van der Waals surface area contributed by atoms with Crippen LogP contribution in [0.1, 0.15) is 12.8 Å². The normalized spacial score (nSPS) is 20.7. The van der Waals surface area contributed by atoms with Gasteiger partial charge in [-0.15, -0.1) is 11.8 Å². The van der Waals surface area contributed by atoms with Crippen LogP contribution in [0.15, 0.2) is 27.6 Å². The van der Waals surface area contributed by atoms with Gasteiger partial charge in [-0.25, -0.2) is 0 Å². The van der Waals surface area contributed by atoms with Crippen molar-refractivity contribution < 1.29 is 0 Å². The van der Waals surface area contributed by atoms with Crippen molar-refractivity contribution in [2.45, 2.75) is 23.8 Å². The van der Waals surface area contributed by atoms with Gasteiger partial charge in [0.15, 0.2) is 0 Å². The molecule has 0 spiro atoms. The quantitative estimate of drug-likeness (QED) is 0.663. The summed E-state index contributed by atoms with van der Waals surface area (Å²) in [7, 11) is 0. The molecule has 1 heterocycles. The molecule has 0 aliphatic carbocycles. The van der Waals surface area contributed by atoms with E-state index in [1.165, 1.54) is 24.3 Å². The van der Waals surface area contributed by atoms with E-state index in [4.69, 9.17) is 5.73 Å². The Hall–Kier alpha value is -0.190. The Kier molecular flexibility index (Phi) is 3.94. The van der Waals surface area contributed by atoms with Gasteiger partial charge in [-0.05, 0) is 37.6 Å². The van der Waals surface area contributed by atoms with Crippen molar-refractivity contribution in [3.05, 3.63) is 22.7 Å². The third-order valence-electron chi connectivity index (χ3n) is 2.57. The second-order valence-corrected chi connectivity index (χ2v) is 5.76. The predicted octanol–water partition coefficient (Wildman–Crippen LogP) is 2.88. The molecule has 3 N–H and O–H groups in total. The maximum absolute atomic E-state index is 5.93. The van der Waals surface area contributed by atoms with Crippen molar-refractivity contribution >= 4 is 33.4 Å². The predicted molar refractivity (Wildman–Crippen MR) is 70.3 cm³/mol. The number of hydrogen-bond acceptors (Lipinski definition) is 3. The average Bonchev–Trinajstić information content (AvgIpc) is 2.69. The minimum absolute atomic E-state index is 0.665. The Morgan fingerprint density at radius 2 is 2.40 bits per heavy atom. The van der Waals surface area contributed by atoms with Crippen LogP contribution >= 0.6 is 27.7 Å². The number of anilines is 1. The minimum atomic E-state index is 0.665. The van der Waals surface area contributed by atoms with E-state index in [-0.39, 0.29) is 0 Å². The van der Waals surface area contributed by atoms with Gasteiger partial charge in [0.2, 0.25) is 0 Å². The summed E-state index contributed by atoms with van der Waals surface area (Å²) in [5.74, 6) is 1.12. The zero-order valence-electron chi connectivity index (χ0n) is 8.50. The lowest BCUT2D eigenvalue weighted by Crippen LogP contribution is -2.23. The van der Waals surface area contributed by atoms with Gasteiger partial charge in [0.05, 0.1) is 0 Å². The van der Waals surface area contributed by atoms with Crippen molar-refractivity contribution in [2.75, 3.05) is 18.0 Å². The third kappa shape index (κ3) is 3.13. The number of benzene rings is 1. The summed E-state index contributed by atoms with van der Waals surface area (Å²) in [6.45, 7) is 1.17. The van der Waals surface area contributed by atoms with Crippen molar-refractivity contribution in [1.29, 1.82) is 0 Å². The van der Waals surface area contributed by atoms with Crippen LogP contribution in [0, 0.1) is 0 Å². The molecule has 0 unspecified atom stereocenters. The van der Waals surface area contributed by atoms with Gasteiger partial charge in [0.25, 0.3) is 0 Å². The number of rotatable bonds is 3. The molecule has 82 valence electrons. The van der Waals surface area contributed by atoms with Crippen molar-refractivity contribution in [3.8, 4) is 0 Å². The van der Waals surface area contributed by atoms with Gasteiger partial charge in [0, 0.05) is 26.9 Å². The smallest absolute Gasteiger partial charge is 0.0463 e. The highest BCUT2D eigenvalue weighted by atomic mass is 79.9. The molecule has 0 radical (unpaired) electrons. The standard InChI is InChI=1S/C11H15BrN2S/c12-8-3-4-11(10(13)6-8)15-7-9-2-1-5-14-9/h3-4,6,9,14H,1-2,5,7,13H2/t9-/m1/s1. The summed E-state index contributed by atoms with van der Waals surface area (Å²) in [4.78, 5) is 1.19. The van der Waals surface area contributed by atoms with Crippen LogP contribution in [0.4, 0.5) is 5.69 Å². The molecule has 2 nitrogen and oxygen atoms in total. The fraction of sp³-hybridized carbons (Fsp3) is 0.455. The van der Waals surface area contributed by atoms with Crippen LogP contribution in [0.3, 0.4) is 0 Å². The van der Waals surface area contributed by atoms with Crippen LogP contribution in [-0.2, 0) is 0 Å². The zero-order chi connectivity index (χ0) is 10.7. The average molecular weight is 287 g/mol. The topological polar surface area (TPSA) is 38.0 Å². The molecule has 2 rings (SSSR count). The van der Waals surface area contributed by atoms with Crippen LogP contribution in [0.2, 0.25) is 0 Å². The van der Waals surface area contributed by atoms with E-state index in [2.05, 4.69) is 27.3 Å². The van der Waals surface area contributed by atoms with E-state index in [0.717, 1.165) is 15.9 Å². The Morgan fingerprint density at radius 1 is 1.53 bits per heavy atom. The van der Waals surface area contributed by atoms with E-state index in [9.17, 15) is 0 Å². The molecule has 1 saturated heterocycles. The largest absolute Gasteiger partial charge is 0.398 e. The molecule has 1 atom stereocenters. The van der Waals surface area contributed by atoms with Gasteiger partial charge in [-0.3, -0.25) is 0 Å². The highest BCUT2D eigenvalue weighted by molar-refractivity contribution is 9.10. The Balaban J connectivity index is 1.92. The summed E-state index contributed by atoms with van der Waals surface area (Å²) in [6, 6.07) is 6.75. The summed E-state index contributed by atoms with van der Waals surface area (Å²) < 4.78 is 1.04. The first kappa shape index (κ1) is 11.3. The second-order valence-electron chi connectivity index (χ2n) is 3.79. The number of thioether (sulfide) groups is 1. The van der Waals surface area contributed by atoms with Crippen LogP contribution < -0.4 is 11.1 Å². The highest BCUT2D eigenvalue weighted by Gasteiger charge is 2.14. The highest BCUT2D eigenvalue weighted by Crippen LogP contribution is 2.29. The molecule has 1 aromatic rings. The number of nitrogens with two attached hydrogens (primary N) is 1. The molecule has 1 aromatic carbocycles. The molecule has 0 amide bonds. The second kappa shape index (κ2) is 5.23. The molecular formula is C11H15BrN2S. The van der Waals surface area contributed by atoms with Crippen LogP contribution in [-0.4, -0.2) is 18.3 Å². The summed E-state index contributed by atoms with van der Waals surface area (Å²) in [6.07, 6.45) is 2.60. The molecule has 0 bridgehead atoms. The fourth-order valence-electron chi connectivity index (χ4n) is 1.74. The number of halogens is 1. The SMILES string of the molecule is Nc1cc(Br)ccc1SC[C@H]1CCCN1. The van der Waals surface area contributed by atoms with Gasteiger partial charge in [-0.1, -0.05) is 15.9 Å². The number of nitrogen functional groups attached to an aromatic ring is 1. The third-order valence-corrected chi connectivity index (χ3v) is 4.32.